The Hall–Kier alpha value is -1.06. The van der Waals surface area contributed by atoms with Gasteiger partial charge in [0.25, 0.3) is 0 Å². The van der Waals surface area contributed by atoms with Crippen LogP contribution in [0.15, 0.2) is 0 Å². The first kappa shape index (κ1) is 11.9. The van der Waals surface area contributed by atoms with E-state index in [-0.39, 0.29) is 12.1 Å². The number of rotatable bonds is 3. The third-order valence-corrected chi connectivity index (χ3v) is 1.56. The van der Waals surface area contributed by atoms with Crippen LogP contribution < -0.4 is 0 Å². The van der Waals surface area contributed by atoms with Crippen LogP contribution in [0.1, 0.15) is 27.7 Å². The monoisotopic (exact) mass is 187 g/mol. The molecule has 0 aromatic carbocycles. The van der Waals surface area contributed by atoms with E-state index in [1.165, 1.54) is 4.90 Å². The molecule has 76 valence electrons. The van der Waals surface area contributed by atoms with Crippen molar-refractivity contribution in [2.45, 2.75) is 33.2 Å². The Balaban J connectivity index is 4.41. The molecule has 0 heterocycles. The van der Waals surface area contributed by atoms with E-state index in [1.807, 2.05) is 20.8 Å². The Bertz CT molecular complexity index is 184. The molecule has 0 fully saturated rings. The summed E-state index contributed by atoms with van der Waals surface area (Å²) in [5, 5.41) is 0. The first-order chi connectivity index (χ1) is 5.93. The third-order valence-electron chi connectivity index (χ3n) is 1.56. The number of ether oxygens (including phenoxy) is 1. The number of nitrogens with zero attached hydrogens (tertiary/aromatic N) is 1. The Morgan fingerprint density at radius 2 is 2.00 bits per heavy atom. The van der Waals surface area contributed by atoms with Gasteiger partial charge in [-0.1, -0.05) is 0 Å². The molecular weight excluding hydrogens is 170 g/mol. The fourth-order valence-electron chi connectivity index (χ4n) is 0.898. The van der Waals surface area contributed by atoms with Crippen molar-refractivity contribution in [3.05, 3.63) is 0 Å². The van der Waals surface area contributed by atoms with Gasteiger partial charge < -0.3 is 9.53 Å². The summed E-state index contributed by atoms with van der Waals surface area (Å²) in [5.41, 5.74) is -0.382. The fourth-order valence-corrected chi connectivity index (χ4v) is 0.898. The molecule has 0 saturated carbocycles. The van der Waals surface area contributed by atoms with Crippen LogP contribution in [0.2, 0.25) is 0 Å². The van der Waals surface area contributed by atoms with E-state index in [4.69, 9.17) is 4.74 Å². The second kappa shape index (κ2) is 4.84. The van der Waals surface area contributed by atoms with Crippen LogP contribution in [-0.2, 0) is 9.53 Å². The molecule has 0 radical (unpaired) electrons. The van der Waals surface area contributed by atoms with Crippen LogP contribution >= 0.6 is 0 Å². The van der Waals surface area contributed by atoms with Crippen molar-refractivity contribution in [2.75, 3.05) is 13.2 Å². The zero-order valence-corrected chi connectivity index (χ0v) is 8.66. The molecule has 0 aromatic heterocycles. The number of carbonyl (C=O) groups excluding carboxylic acids is 2. The van der Waals surface area contributed by atoms with Crippen LogP contribution in [0, 0.1) is 0 Å². The van der Waals surface area contributed by atoms with E-state index >= 15 is 0 Å². The number of hydrogen-bond donors (Lipinski definition) is 0. The summed E-state index contributed by atoms with van der Waals surface area (Å²) in [7, 11) is 0. The number of aldehydes is 1. The zero-order chi connectivity index (χ0) is 10.5. The van der Waals surface area contributed by atoms with Crippen molar-refractivity contribution in [2.24, 2.45) is 0 Å². The molecule has 4 heteroatoms. The second-order valence-electron chi connectivity index (χ2n) is 3.65. The molecule has 13 heavy (non-hydrogen) atoms. The molecule has 4 nitrogen and oxygen atoms in total. The number of carbonyl (C=O) groups is 2. The van der Waals surface area contributed by atoms with E-state index in [0.29, 0.717) is 12.9 Å². The van der Waals surface area contributed by atoms with Gasteiger partial charge >= 0.3 is 6.09 Å². The summed E-state index contributed by atoms with van der Waals surface area (Å²) < 4.78 is 4.81. The average Bonchev–Trinajstić information content (AvgIpc) is 1.98. The first-order valence-corrected chi connectivity index (χ1v) is 4.31. The van der Waals surface area contributed by atoms with Crippen molar-refractivity contribution in [3.63, 3.8) is 0 Å². The van der Waals surface area contributed by atoms with Gasteiger partial charge in [0.2, 0.25) is 0 Å². The summed E-state index contributed by atoms with van der Waals surface area (Å²) in [5.74, 6) is 0. The molecule has 0 unspecified atom stereocenters. The van der Waals surface area contributed by atoms with Crippen molar-refractivity contribution in [1.29, 1.82) is 0 Å². The Morgan fingerprint density at radius 3 is 2.31 bits per heavy atom. The van der Waals surface area contributed by atoms with Crippen LogP contribution in [0.4, 0.5) is 4.79 Å². The summed E-state index contributed by atoms with van der Waals surface area (Å²) in [6.45, 7) is 7.69. The number of hydrogen-bond acceptors (Lipinski definition) is 3. The third kappa shape index (κ3) is 3.92. The maximum atomic E-state index is 11.3. The van der Waals surface area contributed by atoms with Gasteiger partial charge in [0.05, 0.1) is 13.2 Å². The van der Waals surface area contributed by atoms with Crippen molar-refractivity contribution >= 4 is 12.4 Å². The van der Waals surface area contributed by atoms with Gasteiger partial charge in [-0.25, -0.2) is 4.79 Å². The van der Waals surface area contributed by atoms with Crippen molar-refractivity contribution < 1.29 is 14.3 Å². The molecule has 0 spiro atoms. The smallest absolute Gasteiger partial charge is 0.410 e. The van der Waals surface area contributed by atoms with Crippen LogP contribution in [-0.4, -0.2) is 36.0 Å². The summed E-state index contributed by atoms with van der Waals surface area (Å²) in [6, 6.07) is 0. The predicted molar refractivity (Wildman–Crippen MR) is 49.5 cm³/mol. The maximum absolute atomic E-state index is 11.3. The lowest BCUT2D eigenvalue weighted by molar-refractivity contribution is -0.109. The molecule has 0 aliphatic carbocycles. The van der Waals surface area contributed by atoms with Crippen molar-refractivity contribution in [3.8, 4) is 0 Å². The van der Waals surface area contributed by atoms with Gasteiger partial charge in [0, 0.05) is 5.54 Å². The summed E-state index contributed by atoms with van der Waals surface area (Å²) in [6.07, 6.45) is 0.254. The molecule has 0 N–H and O–H groups in total. The van der Waals surface area contributed by atoms with E-state index in [1.54, 1.807) is 6.92 Å². The zero-order valence-electron chi connectivity index (χ0n) is 8.66. The topological polar surface area (TPSA) is 46.6 Å². The van der Waals surface area contributed by atoms with Gasteiger partial charge in [0.15, 0.2) is 0 Å². The van der Waals surface area contributed by atoms with Crippen LogP contribution in [0.25, 0.3) is 0 Å². The minimum absolute atomic E-state index is 0.0718. The minimum Gasteiger partial charge on any atom is -0.450 e. The second-order valence-corrected chi connectivity index (χ2v) is 3.65. The molecule has 0 saturated heterocycles. The molecule has 1 amide bonds. The lowest BCUT2D eigenvalue weighted by atomic mass is 10.1. The summed E-state index contributed by atoms with van der Waals surface area (Å²) >= 11 is 0. The molecule has 0 aliphatic rings. The maximum Gasteiger partial charge on any atom is 0.410 e. The predicted octanol–water partition coefficient (Wildman–Crippen LogP) is 1.44. The fraction of sp³-hybridized carbons (Fsp3) is 0.778. The van der Waals surface area contributed by atoms with E-state index in [0.717, 1.165) is 0 Å². The highest BCUT2D eigenvalue weighted by Crippen LogP contribution is 2.13. The summed E-state index contributed by atoms with van der Waals surface area (Å²) in [4.78, 5) is 23.0. The first-order valence-electron chi connectivity index (χ1n) is 4.31. The quantitative estimate of drug-likeness (QED) is 0.628. The number of amides is 1. The van der Waals surface area contributed by atoms with E-state index in [9.17, 15) is 9.59 Å². The Kier molecular flexibility index (Phi) is 4.45. The molecule has 0 bridgehead atoms. The molecule has 0 rings (SSSR count). The highest BCUT2D eigenvalue weighted by molar-refractivity contribution is 5.72. The van der Waals surface area contributed by atoms with Crippen LogP contribution in [0.3, 0.4) is 0 Å². The Morgan fingerprint density at radius 1 is 1.46 bits per heavy atom. The van der Waals surface area contributed by atoms with Crippen LogP contribution in [0.5, 0.6) is 0 Å². The van der Waals surface area contributed by atoms with E-state index < -0.39 is 6.09 Å². The van der Waals surface area contributed by atoms with Gasteiger partial charge in [-0.15, -0.1) is 0 Å². The minimum atomic E-state index is -0.443. The van der Waals surface area contributed by atoms with Gasteiger partial charge in [-0.2, -0.15) is 0 Å². The van der Waals surface area contributed by atoms with Gasteiger partial charge in [0.1, 0.15) is 6.29 Å². The molecular formula is C9H17NO3. The van der Waals surface area contributed by atoms with Gasteiger partial charge in [-0.3, -0.25) is 4.90 Å². The van der Waals surface area contributed by atoms with E-state index in [2.05, 4.69) is 0 Å². The highest BCUT2D eigenvalue weighted by atomic mass is 16.6. The highest BCUT2D eigenvalue weighted by Gasteiger charge is 2.26. The van der Waals surface area contributed by atoms with Crippen molar-refractivity contribution in [1.82, 2.24) is 4.90 Å². The molecule has 0 aliphatic heterocycles. The molecule has 0 aromatic rings. The van der Waals surface area contributed by atoms with Gasteiger partial charge in [-0.05, 0) is 27.7 Å². The largest absolute Gasteiger partial charge is 0.450 e. The molecule has 0 atom stereocenters. The average molecular weight is 187 g/mol. The lowest BCUT2D eigenvalue weighted by Crippen LogP contribution is -2.46. The lowest BCUT2D eigenvalue weighted by Gasteiger charge is -2.32. The Labute approximate surface area is 78.9 Å². The standard InChI is InChI=1S/C9H17NO3/c1-5-13-8(12)10(6-7-11)9(2,3)4/h7H,5-6H2,1-4H3. The SMILES string of the molecule is CCOC(=O)N(CC=O)C(C)(C)C. The normalized spacial score (nSPS) is 10.8.